The Labute approximate surface area is 219 Å². The van der Waals surface area contributed by atoms with Crippen LogP contribution in [0, 0.1) is 0 Å². The van der Waals surface area contributed by atoms with Crippen LogP contribution in [0.4, 0.5) is 0 Å². The molecule has 9 nitrogen and oxygen atoms in total. The first-order valence-corrected chi connectivity index (χ1v) is 11.8. The lowest BCUT2D eigenvalue weighted by Gasteiger charge is -2.28. The van der Waals surface area contributed by atoms with Gasteiger partial charge in [0.1, 0.15) is 17.2 Å². The van der Waals surface area contributed by atoms with Gasteiger partial charge in [0.15, 0.2) is 28.8 Å². The van der Waals surface area contributed by atoms with Crippen LogP contribution in [0.3, 0.4) is 0 Å². The molecule has 3 aromatic rings. The lowest BCUT2D eigenvalue weighted by Crippen LogP contribution is -2.22. The second-order valence-corrected chi connectivity index (χ2v) is 8.59. The van der Waals surface area contributed by atoms with Crippen LogP contribution in [-0.2, 0) is 4.79 Å². The molecule has 3 aromatic carbocycles. The summed E-state index contributed by atoms with van der Waals surface area (Å²) in [5.74, 6) is 2.12. The van der Waals surface area contributed by atoms with Crippen LogP contribution in [0.25, 0.3) is 6.08 Å². The van der Waals surface area contributed by atoms with Crippen molar-refractivity contribution in [1.29, 1.82) is 0 Å². The van der Waals surface area contributed by atoms with Crippen molar-refractivity contribution in [2.45, 2.75) is 12.3 Å². The third-order valence-electron chi connectivity index (χ3n) is 6.60. The van der Waals surface area contributed by atoms with Gasteiger partial charge in [0.2, 0.25) is 5.78 Å². The fourth-order valence-electron chi connectivity index (χ4n) is 4.79. The summed E-state index contributed by atoms with van der Waals surface area (Å²) >= 11 is 0. The van der Waals surface area contributed by atoms with Gasteiger partial charge in [0, 0.05) is 23.1 Å². The van der Waals surface area contributed by atoms with Crippen LogP contribution >= 0.6 is 0 Å². The lowest BCUT2D eigenvalue weighted by atomic mass is 9.84. The molecule has 2 heterocycles. The van der Waals surface area contributed by atoms with E-state index in [2.05, 4.69) is 0 Å². The van der Waals surface area contributed by atoms with E-state index in [1.807, 2.05) is 0 Å². The molecule has 2 aliphatic heterocycles. The fourth-order valence-corrected chi connectivity index (χ4v) is 4.79. The number of fused-ring (bicyclic) bond motifs is 3. The van der Waals surface area contributed by atoms with Crippen molar-refractivity contribution in [3.05, 3.63) is 70.5 Å². The number of benzene rings is 3. The predicted molar refractivity (Wildman–Crippen MR) is 137 cm³/mol. The highest BCUT2D eigenvalue weighted by molar-refractivity contribution is 6.15. The van der Waals surface area contributed by atoms with Crippen molar-refractivity contribution in [2.75, 3.05) is 35.5 Å². The third-order valence-corrected chi connectivity index (χ3v) is 6.60. The molecule has 0 N–H and O–H groups in total. The summed E-state index contributed by atoms with van der Waals surface area (Å²) < 4.78 is 38.9. The van der Waals surface area contributed by atoms with Gasteiger partial charge < -0.3 is 33.2 Å². The molecule has 2 aliphatic rings. The Morgan fingerprint density at radius 1 is 0.737 bits per heavy atom. The maximum Gasteiger partial charge on any atom is 0.312 e. The lowest BCUT2D eigenvalue weighted by molar-refractivity contribution is -0.135. The van der Waals surface area contributed by atoms with Crippen LogP contribution in [0.5, 0.6) is 40.2 Å². The molecular formula is C29H26O9. The number of methoxy groups -OCH3 is 5. The van der Waals surface area contributed by atoms with Crippen LogP contribution in [0.2, 0.25) is 0 Å². The first-order valence-electron chi connectivity index (χ1n) is 11.8. The van der Waals surface area contributed by atoms with Crippen molar-refractivity contribution in [3.63, 3.8) is 0 Å². The summed E-state index contributed by atoms with van der Waals surface area (Å²) in [4.78, 5) is 26.0. The Kier molecular flexibility index (Phi) is 6.59. The molecule has 38 heavy (non-hydrogen) atoms. The maximum atomic E-state index is 13.4. The molecule has 0 amide bonds. The highest BCUT2D eigenvalue weighted by Gasteiger charge is 2.39. The van der Waals surface area contributed by atoms with Crippen LogP contribution in [-0.4, -0.2) is 47.3 Å². The van der Waals surface area contributed by atoms with E-state index < -0.39 is 11.9 Å². The van der Waals surface area contributed by atoms with E-state index in [4.69, 9.17) is 33.2 Å². The number of hydrogen-bond donors (Lipinski definition) is 0. The van der Waals surface area contributed by atoms with Crippen LogP contribution in [0.15, 0.2) is 48.2 Å². The first-order chi connectivity index (χ1) is 18.4. The van der Waals surface area contributed by atoms with Crippen LogP contribution in [0.1, 0.15) is 39.4 Å². The van der Waals surface area contributed by atoms with Gasteiger partial charge in [0.25, 0.3) is 0 Å². The maximum absolute atomic E-state index is 13.4. The molecule has 9 heteroatoms. The summed E-state index contributed by atoms with van der Waals surface area (Å²) in [6.07, 6.45) is 1.65. The zero-order chi connectivity index (χ0) is 27.0. The summed E-state index contributed by atoms with van der Waals surface area (Å²) in [5.41, 5.74) is 2.32. The summed E-state index contributed by atoms with van der Waals surface area (Å²) in [6.45, 7) is 0. The first kappa shape index (κ1) is 25.0. The Hall–Kier alpha value is -4.66. The molecule has 0 aromatic heterocycles. The van der Waals surface area contributed by atoms with E-state index in [1.165, 1.54) is 28.4 Å². The second-order valence-electron chi connectivity index (χ2n) is 8.59. The third kappa shape index (κ3) is 4.15. The van der Waals surface area contributed by atoms with Gasteiger partial charge in [-0.15, -0.1) is 0 Å². The number of carbonyl (C=O) groups is 2. The smallest absolute Gasteiger partial charge is 0.312 e. The summed E-state index contributed by atoms with van der Waals surface area (Å²) in [6, 6.07) is 12.0. The minimum atomic E-state index is -0.524. The quantitative estimate of drug-likeness (QED) is 0.248. The Bertz CT molecular complexity index is 1470. The van der Waals surface area contributed by atoms with E-state index in [-0.39, 0.29) is 18.0 Å². The van der Waals surface area contributed by atoms with Crippen molar-refractivity contribution < 1.29 is 42.7 Å². The Morgan fingerprint density at radius 2 is 1.39 bits per heavy atom. The average Bonchev–Trinajstić information content (AvgIpc) is 3.26. The van der Waals surface area contributed by atoms with Gasteiger partial charge in [0.05, 0.1) is 47.5 Å². The van der Waals surface area contributed by atoms with E-state index >= 15 is 0 Å². The number of allylic oxidation sites excluding steroid dienone is 1. The minimum Gasteiger partial charge on any atom is -0.496 e. The predicted octanol–water partition coefficient (Wildman–Crippen LogP) is 4.79. The molecular weight excluding hydrogens is 492 g/mol. The number of Topliss-reactive ketones (excluding diaryl/α,β-unsaturated/α-hetero) is 1. The largest absolute Gasteiger partial charge is 0.496 e. The topological polar surface area (TPSA) is 98.8 Å². The van der Waals surface area contributed by atoms with Gasteiger partial charge in [-0.25, -0.2) is 0 Å². The molecule has 0 radical (unpaired) electrons. The molecule has 0 saturated heterocycles. The van der Waals surface area contributed by atoms with E-state index in [0.29, 0.717) is 62.5 Å². The minimum absolute atomic E-state index is 0.0154. The standard InChI is InChI=1S/C29H26O9/c1-32-19-8-6-15(10-22(19)34-3)11-25-28(31)16-7-9-20-27(29(16)38-25)18(13-26(30)37-20)17-12-23(35-4)24(36-5)14-21(17)33-2/h6-12,14,18H,13H2,1-5H3. The van der Waals surface area contributed by atoms with Crippen molar-refractivity contribution in [2.24, 2.45) is 0 Å². The number of ether oxygens (including phenoxy) is 7. The van der Waals surface area contributed by atoms with Crippen molar-refractivity contribution >= 4 is 17.8 Å². The van der Waals surface area contributed by atoms with Gasteiger partial charge >= 0.3 is 5.97 Å². The zero-order valence-corrected chi connectivity index (χ0v) is 21.6. The molecule has 1 atom stereocenters. The molecule has 0 aliphatic carbocycles. The number of carbonyl (C=O) groups excluding carboxylic acids is 2. The monoisotopic (exact) mass is 518 g/mol. The van der Waals surface area contributed by atoms with Gasteiger partial charge in [-0.3, -0.25) is 9.59 Å². The molecule has 1 unspecified atom stereocenters. The van der Waals surface area contributed by atoms with Gasteiger partial charge in [-0.2, -0.15) is 0 Å². The number of ketones is 1. The van der Waals surface area contributed by atoms with E-state index in [9.17, 15) is 9.59 Å². The van der Waals surface area contributed by atoms with Gasteiger partial charge in [-0.05, 0) is 42.0 Å². The second kappa shape index (κ2) is 10.0. The van der Waals surface area contributed by atoms with Crippen LogP contribution < -0.4 is 33.2 Å². The molecule has 0 spiro atoms. The van der Waals surface area contributed by atoms with Crippen molar-refractivity contribution in [3.8, 4) is 40.2 Å². The van der Waals surface area contributed by atoms with Crippen molar-refractivity contribution in [1.82, 2.24) is 0 Å². The number of esters is 1. The normalized spacial score (nSPS) is 16.8. The summed E-state index contributed by atoms with van der Waals surface area (Å²) in [5, 5.41) is 0. The van der Waals surface area contributed by atoms with E-state index in [0.717, 1.165) is 0 Å². The molecule has 0 saturated carbocycles. The van der Waals surface area contributed by atoms with E-state index in [1.54, 1.807) is 55.7 Å². The number of rotatable bonds is 7. The molecule has 0 bridgehead atoms. The molecule has 0 fully saturated rings. The molecule has 196 valence electrons. The summed E-state index contributed by atoms with van der Waals surface area (Å²) in [7, 11) is 7.69. The number of hydrogen-bond acceptors (Lipinski definition) is 9. The molecule has 5 rings (SSSR count). The fraction of sp³-hybridized carbons (Fsp3) is 0.241. The highest BCUT2D eigenvalue weighted by Crippen LogP contribution is 2.52. The average molecular weight is 519 g/mol. The Balaban J connectivity index is 1.62. The highest BCUT2D eigenvalue weighted by atomic mass is 16.5. The zero-order valence-electron chi connectivity index (χ0n) is 21.6. The van der Waals surface area contributed by atoms with Gasteiger partial charge in [-0.1, -0.05) is 6.07 Å². The SMILES string of the molecule is COc1ccc(C=C2Oc3c(ccc4c3C(c3cc(OC)c(OC)cc3OC)CC(=O)O4)C2=O)cc1OC. The Morgan fingerprint density at radius 3 is 2.08 bits per heavy atom.